The lowest BCUT2D eigenvalue weighted by molar-refractivity contribution is -0.164. The summed E-state index contributed by atoms with van der Waals surface area (Å²) in [5.41, 5.74) is 5.59. The Hall–Kier alpha value is -0.800. The van der Waals surface area contributed by atoms with Crippen LogP contribution >= 0.6 is 0 Å². The van der Waals surface area contributed by atoms with E-state index in [1.807, 2.05) is 0 Å². The third-order valence-corrected chi connectivity index (χ3v) is 3.49. The van der Waals surface area contributed by atoms with E-state index in [2.05, 4.69) is 6.92 Å². The average molecular weight is 249 g/mol. The number of nitrogens with zero attached hydrogens (tertiary/aromatic N) is 2. The molecule has 1 fully saturated rings. The predicted octanol–water partition coefficient (Wildman–Crippen LogP) is 1.61. The highest BCUT2D eigenvalue weighted by atomic mass is 19.4. The molecule has 0 aromatic heterocycles. The second-order valence-electron chi connectivity index (χ2n) is 4.74. The van der Waals surface area contributed by atoms with Gasteiger partial charge in [-0.1, -0.05) is 6.92 Å². The maximum absolute atomic E-state index is 12.5. The molecular weight excluding hydrogens is 231 g/mol. The number of likely N-dealkylation sites (tertiary alicyclic amines) is 1. The molecule has 0 spiro atoms. The number of rotatable bonds is 3. The first-order valence-corrected chi connectivity index (χ1v) is 5.77. The molecule has 0 saturated carbocycles. The number of hydrogen-bond acceptors (Lipinski definition) is 3. The van der Waals surface area contributed by atoms with E-state index in [1.54, 1.807) is 4.90 Å². The minimum Gasteiger partial charge on any atom is -0.330 e. The third-order valence-electron chi connectivity index (χ3n) is 3.49. The first-order chi connectivity index (χ1) is 7.88. The van der Waals surface area contributed by atoms with Crippen LogP contribution < -0.4 is 5.73 Å². The molecule has 6 heteroatoms. The lowest BCUT2D eigenvalue weighted by Crippen LogP contribution is -2.46. The summed E-state index contributed by atoms with van der Waals surface area (Å²) in [6.45, 7) is 3.50. The molecular formula is C11H18F3N3. The number of alkyl halides is 3. The quantitative estimate of drug-likeness (QED) is 0.826. The van der Waals surface area contributed by atoms with E-state index in [-0.39, 0.29) is 12.5 Å². The summed E-state index contributed by atoms with van der Waals surface area (Å²) < 4.78 is 37.4. The fourth-order valence-electron chi connectivity index (χ4n) is 2.17. The summed E-state index contributed by atoms with van der Waals surface area (Å²) in [5, 5.41) is 8.55. The number of nitriles is 1. The van der Waals surface area contributed by atoms with Crippen LogP contribution in [0, 0.1) is 29.1 Å². The smallest absolute Gasteiger partial charge is 0.330 e. The summed E-state index contributed by atoms with van der Waals surface area (Å²) in [6.07, 6.45) is -3.59. The van der Waals surface area contributed by atoms with Gasteiger partial charge in [0.1, 0.15) is 0 Å². The van der Waals surface area contributed by atoms with Crippen LogP contribution in [0.4, 0.5) is 13.2 Å². The van der Waals surface area contributed by atoms with E-state index in [4.69, 9.17) is 11.0 Å². The van der Waals surface area contributed by atoms with Crippen molar-refractivity contribution in [3.05, 3.63) is 0 Å². The molecule has 0 radical (unpaired) electrons. The molecule has 1 saturated heterocycles. The Balaban J connectivity index is 2.55. The fourth-order valence-corrected chi connectivity index (χ4v) is 2.17. The van der Waals surface area contributed by atoms with Crippen molar-refractivity contribution in [1.82, 2.24) is 4.90 Å². The molecule has 98 valence electrons. The Bertz CT molecular complexity index is 285. The molecule has 0 bridgehead atoms. The Labute approximate surface area is 99.4 Å². The van der Waals surface area contributed by atoms with Crippen LogP contribution in [0.25, 0.3) is 0 Å². The minimum absolute atomic E-state index is 0.233. The van der Waals surface area contributed by atoms with Crippen LogP contribution in [-0.4, -0.2) is 37.3 Å². The van der Waals surface area contributed by atoms with Gasteiger partial charge in [0.25, 0.3) is 0 Å². The number of piperidine rings is 1. The zero-order valence-corrected chi connectivity index (χ0v) is 9.87. The van der Waals surface area contributed by atoms with Gasteiger partial charge >= 0.3 is 6.18 Å². The highest BCUT2D eigenvalue weighted by Gasteiger charge is 2.41. The van der Waals surface area contributed by atoms with Crippen LogP contribution in [0.1, 0.15) is 13.3 Å². The van der Waals surface area contributed by atoms with E-state index in [9.17, 15) is 13.2 Å². The Morgan fingerprint density at radius 2 is 2.18 bits per heavy atom. The topological polar surface area (TPSA) is 53.0 Å². The minimum atomic E-state index is -4.43. The van der Waals surface area contributed by atoms with Gasteiger partial charge in [-0.3, -0.25) is 0 Å². The van der Waals surface area contributed by atoms with Gasteiger partial charge < -0.3 is 10.6 Å². The van der Waals surface area contributed by atoms with Gasteiger partial charge in [0, 0.05) is 13.1 Å². The van der Waals surface area contributed by atoms with Crippen molar-refractivity contribution in [2.75, 3.05) is 26.2 Å². The van der Waals surface area contributed by atoms with Crippen molar-refractivity contribution >= 4 is 0 Å². The summed E-state index contributed by atoms with van der Waals surface area (Å²) in [6, 6.07) is 1.34. The zero-order chi connectivity index (χ0) is 13.1. The number of nitrogens with two attached hydrogens (primary N) is 1. The van der Waals surface area contributed by atoms with Crippen molar-refractivity contribution in [2.45, 2.75) is 19.5 Å². The van der Waals surface area contributed by atoms with Gasteiger partial charge in [-0.25, -0.2) is 0 Å². The standard InChI is InChI=1S/C11H18F3N3/c1-8-2-3-17(6-9(8)4-15)7-10(5-16)11(12,13)14/h8-10H,2-4,6-7,15H2,1H3. The maximum Gasteiger partial charge on any atom is 0.405 e. The van der Waals surface area contributed by atoms with E-state index >= 15 is 0 Å². The lowest BCUT2D eigenvalue weighted by Gasteiger charge is -2.37. The molecule has 0 aliphatic carbocycles. The van der Waals surface area contributed by atoms with Gasteiger partial charge in [0.05, 0.1) is 6.07 Å². The van der Waals surface area contributed by atoms with Gasteiger partial charge in [0.2, 0.25) is 0 Å². The lowest BCUT2D eigenvalue weighted by atomic mass is 9.87. The molecule has 3 unspecified atom stereocenters. The van der Waals surface area contributed by atoms with Crippen molar-refractivity contribution in [3.63, 3.8) is 0 Å². The molecule has 0 aromatic rings. The van der Waals surface area contributed by atoms with Crippen molar-refractivity contribution in [2.24, 2.45) is 23.5 Å². The monoisotopic (exact) mass is 249 g/mol. The molecule has 3 nitrogen and oxygen atoms in total. The molecule has 1 rings (SSSR count). The SMILES string of the molecule is CC1CCN(CC(C#N)C(F)(F)F)CC1CN. The molecule has 1 heterocycles. The van der Waals surface area contributed by atoms with E-state index in [1.165, 1.54) is 6.07 Å². The summed E-state index contributed by atoms with van der Waals surface area (Å²) >= 11 is 0. The third kappa shape index (κ3) is 3.86. The van der Waals surface area contributed by atoms with Crippen molar-refractivity contribution < 1.29 is 13.2 Å². The van der Waals surface area contributed by atoms with Gasteiger partial charge in [-0.15, -0.1) is 0 Å². The van der Waals surface area contributed by atoms with Crippen LogP contribution in [0.3, 0.4) is 0 Å². The predicted molar refractivity (Wildman–Crippen MR) is 57.9 cm³/mol. The molecule has 17 heavy (non-hydrogen) atoms. The first-order valence-electron chi connectivity index (χ1n) is 5.77. The van der Waals surface area contributed by atoms with Crippen LogP contribution in [0.2, 0.25) is 0 Å². The summed E-state index contributed by atoms with van der Waals surface area (Å²) in [4.78, 5) is 1.71. The number of halogens is 3. The normalized spacial score (nSPS) is 28.7. The Kier molecular flexibility index (Phi) is 4.78. The van der Waals surface area contributed by atoms with Gasteiger partial charge in [-0.05, 0) is 31.3 Å². The van der Waals surface area contributed by atoms with Gasteiger partial charge in [0.15, 0.2) is 5.92 Å². The fraction of sp³-hybridized carbons (Fsp3) is 0.909. The second kappa shape index (κ2) is 5.69. The molecule has 2 N–H and O–H groups in total. The zero-order valence-electron chi connectivity index (χ0n) is 9.87. The first kappa shape index (κ1) is 14.3. The highest BCUT2D eigenvalue weighted by molar-refractivity contribution is 4.92. The van der Waals surface area contributed by atoms with Crippen molar-refractivity contribution in [1.29, 1.82) is 5.26 Å². The Morgan fingerprint density at radius 3 is 2.65 bits per heavy atom. The van der Waals surface area contributed by atoms with E-state index < -0.39 is 12.1 Å². The molecule has 3 atom stereocenters. The molecule has 1 aliphatic rings. The molecule has 1 aliphatic heterocycles. The molecule has 0 amide bonds. The molecule has 0 aromatic carbocycles. The van der Waals surface area contributed by atoms with E-state index in [0.29, 0.717) is 25.6 Å². The van der Waals surface area contributed by atoms with Crippen LogP contribution in [0.15, 0.2) is 0 Å². The summed E-state index contributed by atoms with van der Waals surface area (Å²) in [5.74, 6) is -1.21. The van der Waals surface area contributed by atoms with Crippen LogP contribution in [-0.2, 0) is 0 Å². The van der Waals surface area contributed by atoms with Gasteiger partial charge in [-0.2, -0.15) is 18.4 Å². The van der Waals surface area contributed by atoms with Crippen LogP contribution in [0.5, 0.6) is 0 Å². The second-order valence-corrected chi connectivity index (χ2v) is 4.74. The number of hydrogen-bond donors (Lipinski definition) is 1. The Morgan fingerprint density at radius 1 is 1.53 bits per heavy atom. The average Bonchev–Trinajstić information content (AvgIpc) is 2.26. The highest BCUT2D eigenvalue weighted by Crippen LogP contribution is 2.29. The summed E-state index contributed by atoms with van der Waals surface area (Å²) in [7, 11) is 0. The maximum atomic E-state index is 12.5. The van der Waals surface area contributed by atoms with E-state index in [0.717, 1.165) is 6.42 Å². The largest absolute Gasteiger partial charge is 0.405 e. The van der Waals surface area contributed by atoms with Crippen molar-refractivity contribution in [3.8, 4) is 6.07 Å².